The molecule has 12 rings (SSSR count). The van der Waals surface area contributed by atoms with Crippen LogP contribution in [0.1, 0.15) is 175 Å². The second-order valence-electron chi connectivity index (χ2n) is 25.8. The number of aliphatic hydroxyl groups is 1. The first-order valence-electron chi connectivity index (χ1n) is 31.9. The number of nitrogen functional groups attached to an aromatic ring is 3. The van der Waals surface area contributed by atoms with Crippen LogP contribution >= 0.6 is 34.8 Å². The van der Waals surface area contributed by atoms with Crippen LogP contribution in [0.2, 0.25) is 15.1 Å². The van der Waals surface area contributed by atoms with Gasteiger partial charge in [-0.1, -0.05) is 55.6 Å². The maximum Gasteiger partial charge on any atom is 0.329 e. The zero-order valence-corrected chi connectivity index (χ0v) is 58.9. The summed E-state index contributed by atoms with van der Waals surface area (Å²) in [7, 11) is 0. The number of aliphatic hydroxyl groups excluding tert-OH is 1. The Morgan fingerprint density at radius 1 is 0.540 bits per heavy atom. The van der Waals surface area contributed by atoms with Crippen LogP contribution in [0.5, 0.6) is 17.2 Å². The summed E-state index contributed by atoms with van der Waals surface area (Å²) in [4.78, 5) is 91.2. The van der Waals surface area contributed by atoms with Crippen LogP contribution in [0.25, 0.3) is 16.6 Å². The molecule has 0 spiro atoms. The van der Waals surface area contributed by atoms with Gasteiger partial charge in [0.1, 0.15) is 91.0 Å². The molecule has 2 aliphatic heterocycles. The quantitative estimate of drug-likeness (QED) is 0.0420. The largest absolute Gasteiger partial charge is 0.490 e. The average molecular weight is 1440 g/mol. The molecule has 3 aromatic carbocycles. The summed E-state index contributed by atoms with van der Waals surface area (Å²) in [5.41, 5.74) is 21.1. The number of benzene rings is 3. The lowest BCUT2D eigenvalue weighted by atomic mass is 9.93. The molecule has 0 bridgehead atoms. The van der Waals surface area contributed by atoms with Crippen LogP contribution in [0.3, 0.4) is 0 Å². The first-order chi connectivity index (χ1) is 47.1. The van der Waals surface area contributed by atoms with Crippen LogP contribution in [-0.2, 0) is 9.59 Å². The lowest BCUT2D eigenvalue weighted by molar-refractivity contribution is -0.146. The summed E-state index contributed by atoms with van der Waals surface area (Å²) in [6.07, 6.45) is 8.65. The Bertz CT molecular complexity index is 4760. The molecule has 26 nitrogen and oxygen atoms in total. The smallest absolute Gasteiger partial charge is 0.329 e. The minimum atomic E-state index is -1.41. The molecule has 6 aromatic heterocycles. The number of hydrogen-bond donors (Lipinski definition) is 7. The lowest BCUT2D eigenvalue weighted by Crippen LogP contribution is -2.53. The van der Waals surface area contributed by atoms with Crippen LogP contribution in [0.15, 0.2) is 55.4 Å². The van der Waals surface area contributed by atoms with Crippen molar-refractivity contribution in [2.75, 3.05) is 43.4 Å². The number of aliphatic carboxylic acids is 2. The summed E-state index contributed by atoms with van der Waals surface area (Å²) in [5.74, 6) is -6.20. The predicted molar refractivity (Wildman–Crippen MR) is 366 cm³/mol. The highest BCUT2D eigenvalue weighted by molar-refractivity contribution is 6.32. The Balaban J connectivity index is 0.000000162. The Morgan fingerprint density at radius 3 is 1.14 bits per heavy atom. The molecule has 3 atom stereocenters. The predicted octanol–water partition coefficient (Wildman–Crippen LogP) is 10.4. The van der Waals surface area contributed by atoms with Gasteiger partial charge in [-0.2, -0.15) is 0 Å². The SMILES string of the molecule is Cc1nc(C(C)c2cc(Cl)c(F)c(C(=O)N3CC(C(=O)O)C3)c2OC(C)C)n2ccnc(N)c12.Cc1nc(C(C)c2cc(Cl)c(F)c(C(=O)N3CC(O)C3)c2OC(C)C)n2ccnc(N)c12.Cc1nc(C(C)c2cc(Cl)c(F)c(C(=O)NC3(C(=O)O)CC3)c2OC(C)C)n2ccnc(N)c12. The van der Waals surface area contributed by atoms with E-state index < -0.39 is 94.1 Å². The van der Waals surface area contributed by atoms with Crippen LogP contribution in [0.4, 0.5) is 30.6 Å². The van der Waals surface area contributed by atoms with Crippen molar-refractivity contribution < 1.29 is 66.7 Å². The van der Waals surface area contributed by atoms with Gasteiger partial charge in [-0.3, -0.25) is 32.4 Å². The number of hydrogen-bond acceptors (Lipinski definition) is 18. The van der Waals surface area contributed by atoms with Gasteiger partial charge in [-0.15, -0.1) is 0 Å². The minimum Gasteiger partial charge on any atom is -0.490 e. The third-order valence-electron chi connectivity index (χ3n) is 17.4. The summed E-state index contributed by atoms with van der Waals surface area (Å²) >= 11 is 18.7. The molecule has 3 aliphatic rings. The number of carbonyl (C=O) groups is 5. The summed E-state index contributed by atoms with van der Waals surface area (Å²) in [6.45, 7) is 21.8. The summed E-state index contributed by atoms with van der Waals surface area (Å²) in [5, 5.41) is 29.9. The van der Waals surface area contributed by atoms with Crippen LogP contribution in [-0.4, -0.2) is 154 Å². The number of nitrogens with two attached hydrogens (primary N) is 3. The first-order valence-corrected chi connectivity index (χ1v) is 33.1. The van der Waals surface area contributed by atoms with Crippen molar-refractivity contribution in [2.24, 2.45) is 5.92 Å². The number of halogens is 6. The van der Waals surface area contributed by atoms with Gasteiger partial charge in [0.15, 0.2) is 17.5 Å². The van der Waals surface area contributed by atoms with Crippen molar-refractivity contribution in [3.63, 3.8) is 0 Å². The number of ether oxygens (including phenoxy) is 3. The maximum absolute atomic E-state index is 15.3. The van der Waals surface area contributed by atoms with E-state index in [4.69, 9.17) is 71.3 Å². The van der Waals surface area contributed by atoms with Gasteiger partial charge in [0, 0.05) is 97.8 Å². The Hall–Kier alpha value is -9.71. The third kappa shape index (κ3) is 13.9. The highest BCUT2D eigenvalue weighted by Crippen LogP contribution is 2.45. The number of imidazole rings is 3. The van der Waals surface area contributed by atoms with Crippen molar-refractivity contribution in [3.05, 3.63) is 156 Å². The average Bonchev–Trinajstić information content (AvgIpc) is 1.33. The number of fused-ring (bicyclic) bond motifs is 3. The number of aryl methyl sites for hydroxylation is 3. The molecule has 530 valence electrons. The molecule has 8 heterocycles. The van der Waals surface area contributed by atoms with E-state index in [0.29, 0.717) is 85.2 Å². The fourth-order valence-electron chi connectivity index (χ4n) is 12.2. The summed E-state index contributed by atoms with van der Waals surface area (Å²) < 4.78 is 69.0. The van der Waals surface area contributed by atoms with Crippen molar-refractivity contribution in [2.45, 2.75) is 144 Å². The van der Waals surface area contributed by atoms with Gasteiger partial charge in [0.2, 0.25) is 0 Å². The second kappa shape index (κ2) is 28.5. The molecule has 10 N–H and O–H groups in total. The van der Waals surface area contributed by atoms with E-state index in [1.165, 1.54) is 28.0 Å². The minimum absolute atomic E-state index is 0.0114. The van der Waals surface area contributed by atoms with Crippen LogP contribution < -0.4 is 36.7 Å². The molecule has 0 radical (unpaired) electrons. The molecular weight excluding hydrogens is 1370 g/mol. The van der Waals surface area contributed by atoms with E-state index >= 15 is 13.2 Å². The van der Waals surface area contributed by atoms with Gasteiger partial charge in [0.05, 0.1) is 62.5 Å². The number of aromatic nitrogens is 9. The molecule has 3 unspecified atom stereocenters. The van der Waals surface area contributed by atoms with E-state index in [2.05, 4.69) is 35.2 Å². The molecule has 9 aromatic rings. The number of anilines is 3. The van der Waals surface area contributed by atoms with E-state index in [9.17, 15) is 34.2 Å². The molecule has 3 amide bonds. The monoisotopic (exact) mass is 1440 g/mol. The first kappa shape index (κ1) is 73.0. The highest BCUT2D eigenvalue weighted by Gasteiger charge is 2.52. The highest BCUT2D eigenvalue weighted by atomic mass is 35.5. The molecular formula is C68H75Cl3F3N15O11. The number of carbonyl (C=O) groups excluding carboxylic acids is 3. The van der Waals surface area contributed by atoms with Gasteiger partial charge in [-0.05, 0) is 93.4 Å². The van der Waals surface area contributed by atoms with Crippen LogP contribution in [0, 0.1) is 44.1 Å². The number of nitrogens with one attached hydrogen (secondary N) is 1. The number of carboxylic acid groups (broad SMARTS) is 2. The molecule has 32 heteroatoms. The third-order valence-corrected chi connectivity index (χ3v) is 18.2. The van der Waals surface area contributed by atoms with Crippen molar-refractivity contribution in [1.29, 1.82) is 0 Å². The number of nitrogens with zero attached hydrogens (tertiary/aromatic N) is 11. The molecule has 2 saturated heterocycles. The van der Waals surface area contributed by atoms with Crippen molar-refractivity contribution in [3.8, 4) is 17.2 Å². The normalized spacial score (nSPS) is 15.2. The molecule has 1 aliphatic carbocycles. The second-order valence-corrected chi connectivity index (χ2v) is 27.0. The number of likely N-dealkylation sites (tertiary alicyclic amines) is 2. The Kier molecular flexibility index (Phi) is 20.8. The number of amides is 3. The van der Waals surface area contributed by atoms with E-state index in [-0.39, 0.29) is 94.7 Å². The van der Waals surface area contributed by atoms with Gasteiger partial charge in [0.25, 0.3) is 17.7 Å². The molecule has 1 saturated carbocycles. The van der Waals surface area contributed by atoms with E-state index in [1.54, 1.807) is 94.4 Å². The lowest BCUT2D eigenvalue weighted by Gasteiger charge is -2.37. The number of β-amino-alcohol motifs (C(OH)–C–C–N with tert-alkyl or cyclic N) is 1. The fourth-order valence-corrected chi connectivity index (χ4v) is 12.8. The number of rotatable bonds is 18. The molecule has 3 fully saturated rings. The fraction of sp³-hybridized carbons (Fsp3) is 0.397. The summed E-state index contributed by atoms with van der Waals surface area (Å²) in [6, 6.07) is 4.32. The maximum atomic E-state index is 15.3. The number of carboxylic acids is 2. The Morgan fingerprint density at radius 2 is 0.850 bits per heavy atom. The zero-order chi connectivity index (χ0) is 73.2. The van der Waals surface area contributed by atoms with E-state index in [1.807, 2.05) is 39.0 Å². The standard InChI is InChI=1S/2C23H25ClFN5O4.C22H25ClFN5O3/c1-10(2)34-19-14(11(3)21-28-12(4)18-20(26)27-5-6-30(18)21)7-15(24)17(25)16(19)22(31)29-8-13(9-29)23(32)33;1-10(2)34-18-13(11(3)20-28-12(4)17-19(26)27-7-8-30(17)20)9-14(24)16(25)15(18)21(31)29-23(5-6-23)22(32)33;1-10(2)32-19-14(7-15(23)17(24)16(19)22(31)28-8-13(30)9-28)11(3)21-27-12(4)18-20(25)26-5-6-29(18)21/h5-7,10-11,13H,8-9H2,1-4H3,(H2,26,27)(H,32,33);7-11H,5-6H2,1-4H3,(H2,26,27)(H,29,31)(H,32,33);5-7,10-11,13,30H,8-9H2,1-4H3,(H2,25,26). The molecule has 100 heavy (non-hydrogen) atoms. The van der Waals surface area contributed by atoms with Crippen molar-refractivity contribution >= 4 is 98.5 Å². The topological polar surface area (TPSA) is 361 Å². The van der Waals surface area contributed by atoms with Gasteiger partial charge >= 0.3 is 11.9 Å². The zero-order valence-electron chi connectivity index (χ0n) is 56.6. The van der Waals surface area contributed by atoms with Gasteiger partial charge < -0.3 is 61.8 Å². The van der Waals surface area contributed by atoms with Gasteiger partial charge in [-0.25, -0.2) is 47.9 Å². The van der Waals surface area contributed by atoms with E-state index in [0.717, 1.165) is 0 Å². The van der Waals surface area contributed by atoms with Crippen molar-refractivity contribution in [1.82, 2.24) is 58.2 Å². The Labute approximate surface area is 586 Å².